The lowest BCUT2D eigenvalue weighted by molar-refractivity contribution is -0.125. The minimum absolute atomic E-state index is 0.0241. The molecule has 0 spiro atoms. The summed E-state index contributed by atoms with van der Waals surface area (Å²) in [6.07, 6.45) is 3.92. The zero-order valence-corrected chi connectivity index (χ0v) is 19.8. The highest BCUT2D eigenvalue weighted by molar-refractivity contribution is 5.88. The number of carbonyl (C=O) groups is 1. The predicted octanol–water partition coefficient (Wildman–Crippen LogP) is 3.91. The summed E-state index contributed by atoms with van der Waals surface area (Å²) in [5, 5.41) is 2.70. The van der Waals surface area contributed by atoms with Gasteiger partial charge in [0.15, 0.2) is 23.2 Å². The molecule has 0 unspecified atom stereocenters. The van der Waals surface area contributed by atoms with Gasteiger partial charge in [0.05, 0.1) is 23.9 Å². The number of rotatable bonds is 8. The topological polar surface area (TPSA) is 98.7 Å². The standard InChI is InChI=1S/C25H24F3N5O4/c1-2-20(34)33-8-7-14(11-33)37-25-16(26)10-18-23(32-25)24(30-13-29-18)31-17-5-6-19(22(28)21(17)27)36-12-15-4-3-9-35-15/h2,5-6,10,13-15H,1,3-4,7-9,11-12H2,(H,29,30,31)/t14-,15+/m0/s1. The van der Waals surface area contributed by atoms with Gasteiger partial charge in [-0.1, -0.05) is 6.58 Å². The number of fused-ring (bicyclic) bond motifs is 1. The van der Waals surface area contributed by atoms with Gasteiger partial charge in [0, 0.05) is 25.6 Å². The first kappa shape index (κ1) is 24.8. The van der Waals surface area contributed by atoms with Gasteiger partial charge >= 0.3 is 0 Å². The van der Waals surface area contributed by atoms with E-state index in [1.54, 1.807) is 0 Å². The molecule has 194 valence electrons. The van der Waals surface area contributed by atoms with Gasteiger partial charge in [-0.25, -0.2) is 23.7 Å². The minimum Gasteiger partial charge on any atom is -0.488 e. The second-order valence-corrected chi connectivity index (χ2v) is 8.69. The molecule has 37 heavy (non-hydrogen) atoms. The van der Waals surface area contributed by atoms with Gasteiger partial charge < -0.3 is 24.4 Å². The van der Waals surface area contributed by atoms with Crippen molar-refractivity contribution in [3.63, 3.8) is 0 Å². The molecule has 0 aliphatic carbocycles. The highest BCUT2D eigenvalue weighted by Crippen LogP contribution is 2.31. The van der Waals surface area contributed by atoms with Crippen molar-refractivity contribution in [2.75, 3.05) is 31.6 Å². The van der Waals surface area contributed by atoms with Gasteiger partial charge in [0.1, 0.15) is 24.6 Å². The average Bonchev–Trinajstić information content (AvgIpc) is 3.59. The third-order valence-electron chi connectivity index (χ3n) is 6.19. The SMILES string of the molecule is C=CC(=O)N1CC[C@H](Oc2nc3c(Nc4ccc(OC[C@H]5CCCO5)c(F)c4F)ncnc3cc2F)C1. The first-order valence-corrected chi connectivity index (χ1v) is 11.8. The van der Waals surface area contributed by atoms with E-state index < -0.39 is 23.6 Å². The number of nitrogens with one attached hydrogen (secondary N) is 1. The van der Waals surface area contributed by atoms with Crippen LogP contribution in [-0.2, 0) is 9.53 Å². The summed E-state index contributed by atoms with van der Waals surface area (Å²) in [6.45, 7) is 4.91. The Labute approximate surface area is 210 Å². The summed E-state index contributed by atoms with van der Waals surface area (Å²) >= 11 is 0. The van der Waals surface area contributed by atoms with E-state index in [9.17, 15) is 18.0 Å². The predicted molar refractivity (Wildman–Crippen MR) is 127 cm³/mol. The maximum Gasteiger partial charge on any atom is 0.251 e. The Morgan fingerprint density at radius 3 is 2.89 bits per heavy atom. The Morgan fingerprint density at radius 2 is 2.11 bits per heavy atom. The molecule has 2 atom stereocenters. The van der Waals surface area contributed by atoms with Crippen LogP contribution in [0.3, 0.4) is 0 Å². The van der Waals surface area contributed by atoms with Crippen LogP contribution in [-0.4, -0.2) is 64.3 Å². The van der Waals surface area contributed by atoms with E-state index >= 15 is 0 Å². The molecule has 9 nitrogen and oxygen atoms in total. The Hall–Kier alpha value is -3.93. The number of halogens is 3. The number of benzene rings is 1. The number of amides is 1. The molecule has 2 fully saturated rings. The van der Waals surface area contributed by atoms with Crippen LogP contribution in [0, 0.1) is 17.5 Å². The van der Waals surface area contributed by atoms with Crippen LogP contribution in [0.1, 0.15) is 19.3 Å². The van der Waals surface area contributed by atoms with Gasteiger partial charge in [0.2, 0.25) is 11.7 Å². The molecule has 1 amide bonds. The number of hydrogen-bond donors (Lipinski definition) is 1. The molecular formula is C25H24F3N5O4. The van der Waals surface area contributed by atoms with Crippen LogP contribution in [0.2, 0.25) is 0 Å². The van der Waals surface area contributed by atoms with Crippen LogP contribution in [0.4, 0.5) is 24.7 Å². The van der Waals surface area contributed by atoms with Crippen molar-refractivity contribution >= 4 is 28.4 Å². The fourth-order valence-corrected chi connectivity index (χ4v) is 4.26. The second-order valence-electron chi connectivity index (χ2n) is 8.69. The summed E-state index contributed by atoms with van der Waals surface area (Å²) < 4.78 is 60.8. The van der Waals surface area contributed by atoms with Crippen molar-refractivity contribution < 1.29 is 32.2 Å². The molecular weight excluding hydrogens is 491 g/mol. The van der Waals surface area contributed by atoms with Gasteiger partial charge in [-0.3, -0.25) is 4.79 Å². The molecule has 2 aliphatic heterocycles. The fourth-order valence-electron chi connectivity index (χ4n) is 4.26. The van der Waals surface area contributed by atoms with Crippen molar-refractivity contribution in [2.24, 2.45) is 0 Å². The molecule has 0 saturated carbocycles. The lowest BCUT2D eigenvalue weighted by Crippen LogP contribution is -2.29. The largest absolute Gasteiger partial charge is 0.488 e. The molecule has 1 N–H and O–H groups in total. The van der Waals surface area contributed by atoms with E-state index in [4.69, 9.17) is 14.2 Å². The summed E-state index contributed by atoms with van der Waals surface area (Å²) in [6, 6.07) is 3.73. The first-order valence-electron chi connectivity index (χ1n) is 11.8. The Kier molecular flexibility index (Phi) is 7.08. The normalized spacial score (nSPS) is 19.3. The van der Waals surface area contributed by atoms with E-state index in [1.807, 2.05) is 0 Å². The average molecular weight is 515 g/mol. The third kappa shape index (κ3) is 5.29. The lowest BCUT2D eigenvalue weighted by atomic mass is 10.2. The van der Waals surface area contributed by atoms with E-state index in [2.05, 4.69) is 26.8 Å². The van der Waals surface area contributed by atoms with Gasteiger partial charge in [-0.15, -0.1) is 0 Å². The van der Waals surface area contributed by atoms with Gasteiger partial charge in [-0.2, -0.15) is 4.39 Å². The number of ether oxygens (including phenoxy) is 3. The van der Waals surface area contributed by atoms with Crippen LogP contribution < -0.4 is 14.8 Å². The molecule has 4 heterocycles. The Balaban J connectivity index is 1.35. The maximum atomic E-state index is 14.9. The number of aromatic nitrogens is 3. The molecule has 2 saturated heterocycles. The molecule has 0 bridgehead atoms. The zero-order valence-electron chi connectivity index (χ0n) is 19.8. The fraction of sp³-hybridized carbons (Fsp3) is 0.360. The number of carbonyl (C=O) groups excluding carboxylic acids is 1. The number of anilines is 2. The number of nitrogens with zero attached hydrogens (tertiary/aromatic N) is 4. The minimum atomic E-state index is -1.17. The summed E-state index contributed by atoms with van der Waals surface area (Å²) in [4.78, 5) is 25.6. The first-order chi connectivity index (χ1) is 17.9. The Morgan fingerprint density at radius 1 is 1.24 bits per heavy atom. The highest BCUT2D eigenvalue weighted by Gasteiger charge is 2.28. The zero-order chi connectivity index (χ0) is 25.9. The molecule has 0 radical (unpaired) electrons. The second kappa shape index (κ2) is 10.6. The Bertz CT molecular complexity index is 1340. The van der Waals surface area contributed by atoms with E-state index in [-0.39, 0.29) is 59.3 Å². The van der Waals surface area contributed by atoms with E-state index in [0.717, 1.165) is 25.2 Å². The monoisotopic (exact) mass is 515 g/mol. The van der Waals surface area contributed by atoms with Crippen molar-refractivity contribution in [2.45, 2.75) is 31.5 Å². The summed E-state index contributed by atoms with van der Waals surface area (Å²) in [5.41, 5.74) is 0.00833. The smallest absolute Gasteiger partial charge is 0.251 e. The van der Waals surface area contributed by atoms with Gasteiger partial charge in [0.25, 0.3) is 5.88 Å². The van der Waals surface area contributed by atoms with Crippen LogP contribution in [0.25, 0.3) is 11.0 Å². The van der Waals surface area contributed by atoms with Crippen LogP contribution >= 0.6 is 0 Å². The van der Waals surface area contributed by atoms with Crippen molar-refractivity contribution in [3.8, 4) is 11.6 Å². The van der Waals surface area contributed by atoms with Crippen LogP contribution in [0.15, 0.2) is 37.2 Å². The number of likely N-dealkylation sites (tertiary alicyclic amines) is 1. The van der Waals surface area contributed by atoms with Crippen molar-refractivity contribution in [3.05, 3.63) is 54.6 Å². The van der Waals surface area contributed by atoms with E-state index in [0.29, 0.717) is 19.6 Å². The van der Waals surface area contributed by atoms with Crippen molar-refractivity contribution in [1.82, 2.24) is 19.9 Å². The summed E-state index contributed by atoms with van der Waals surface area (Å²) in [7, 11) is 0. The number of pyridine rings is 1. The quantitative estimate of drug-likeness (QED) is 0.451. The van der Waals surface area contributed by atoms with Gasteiger partial charge in [-0.05, 0) is 31.1 Å². The lowest BCUT2D eigenvalue weighted by Gasteiger charge is -2.16. The molecule has 1 aromatic carbocycles. The van der Waals surface area contributed by atoms with E-state index in [1.165, 1.54) is 23.1 Å². The highest BCUT2D eigenvalue weighted by atomic mass is 19.2. The summed E-state index contributed by atoms with van der Waals surface area (Å²) in [5.74, 6) is -3.85. The third-order valence-corrected chi connectivity index (χ3v) is 6.19. The van der Waals surface area contributed by atoms with Crippen LogP contribution in [0.5, 0.6) is 11.6 Å². The van der Waals surface area contributed by atoms with Crippen molar-refractivity contribution in [1.29, 1.82) is 0 Å². The maximum absolute atomic E-state index is 14.9. The molecule has 5 rings (SSSR count). The molecule has 2 aliphatic rings. The molecule has 3 aromatic rings. The number of hydrogen-bond acceptors (Lipinski definition) is 8. The molecule has 2 aromatic heterocycles. The molecule has 12 heteroatoms.